The monoisotopic (exact) mass is 460 g/mol. The Kier molecular flexibility index (Phi) is 5.64. The highest BCUT2D eigenvalue weighted by atomic mass is 16.5. The molecule has 0 unspecified atom stereocenters. The van der Waals surface area contributed by atoms with Crippen molar-refractivity contribution in [3.8, 4) is 34.0 Å². The fourth-order valence-corrected chi connectivity index (χ4v) is 5.79. The molecule has 2 fully saturated rings. The standard InChI is InChI=1S/C26H32N6O2/c1-25-10-5-11-26(2,31-25)15-19(14-25)32(3)23-9-8-21(28-29-23)20-7-6-17(12-22(20)33)18-13-24(34-4)30-27-16-18/h6-9,12-13,16,19,31,33H,5,10-11,14-15H2,1-4H3/t19-,25+,26-. The van der Waals surface area contributed by atoms with E-state index in [1.165, 1.54) is 19.3 Å². The molecule has 5 rings (SSSR count). The first kappa shape index (κ1) is 22.5. The van der Waals surface area contributed by atoms with Crippen molar-refractivity contribution in [2.45, 2.75) is 63.1 Å². The van der Waals surface area contributed by atoms with Gasteiger partial charge in [-0.25, -0.2) is 0 Å². The highest BCUT2D eigenvalue weighted by molar-refractivity contribution is 5.74. The van der Waals surface area contributed by atoms with Gasteiger partial charge in [0.15, 0.2) is 5.82 Å². The molecule has 1 aromatic carbocycles. The Morgan fingerprint density at radius 3 is 2.41 bits per heavy atom. The number of phenols is 1. The minimum absolute atomic E-state index is 0.135. The minimum Gasteiger partial charge on any atom is -0.507 e. The van der Waals surface area contributed by atoms with Crippen LogP contribution in [0.15, 0.2) is 42.6 Å². The molecule has 3 aromatic rings. The molecule has 0 amide bonds. The molecule has 2 aliphatic rings. The summed E-state index contributed by atoms with van der Waals surface area (Å²) in [4.78, 5) is 2.27. The lowest BCUT2D eigenvalue weighted by Gasteiger charge is -2.55. The fraction of sp³-hybridized carbons (Fsp3) is 0.462. The summed E-state index contributed by atoms with van der Waals surface area (Å²) in [5, 5.41) is 31.4. The van der Waals surface area contributed by atoms with E-state index in [9.17, 15) is 5.11 Å². The first-order valence-corrected chi connectivity index (χ1v) is 11.8. The second kappa shape index (κ2) is 8.51. The van der Waals surface area contributed by atoms with Gasteiger partial charge in [0.05, 0.1) is 19.0 Å². The van der Waals surface area contributed by atoms with Gasteiger partial charge in [0.2, 0.25) is 5.88 Å². The highest BCUT2D eigenvalue weighted by Gasteiger charge is 2.46. The van der Waals surface area contributed by atoms with Gasteiger partial charge in [-0.1, -0.05) is 6.07 Å². The van der Waals surface area contributed by atoms with Crippen LogP contribution in [0.1, 0.15) is 46.0 Å². The Morgan fingerprint density at radius 1 is 1.00 bits per heavy atom. The second-order valence-corrected chi connectivity index (χ2v) is 10.3. The summed E-state index contributed by atoms with van der Waals surface area (Å²) in [7, 11) is 3.66. The summed E-state index contributed by atoms with van der Waals surface area (Å²) in [6.07, 6.45) is 7.55. The molecule has 0 aliphatic carbocycles. The van der Waals surface area contributed by atoms with Crippen LogP contribution < -0.4 is 15.0 Å². The summed E-state index contributed by atoms with van der Waals surface area (Å²) < 4.78 is 5.14. The predicted octanol–water partition coefficient (Wildman–Crippen LogP) is 4.20. The third-order valence-corrected chi connectivity index (χ3v) is 7.44. The van der Waals surface area contributed by atoms with Gasteiger partial charge in [-0.15, -0.1) is 15.3 Å². The molecular formula is C26H32N6O2. The number of hydrogen-bond acceptors (Lipinski definition) is 8. The van der Waals surface area contributed by atoms with Crippen LogP contribution in [-0.2, 0) is 0 Å². The van der Waals surface area contributed by atoms with Crippen molar-refractivity contribution in [1.82, 2.24) is 25.7 Å². The number of hydrogen-bond donors (Lipinski definition) is 2. The number of phenolic OH excluding ortho intramolecular Hbond substituents is 1. The predicted molar refractivity (Wildman–Crippen MR) is 132 cm³/mol. The van der Waals surface area contributed by atoms with Gasteiger partial charge >= 0.3 is 0 Å². The van der Waals surface area contributed by atoms with Crippen molar-refractivity contribution in [2.75, 3.05) is 19.1 Å². The number of benzene rings is 1. The number of fused-ring (bicyclic) bond motifs is 2. The average Bonchev–Trinajstić information content (AvgIpc) is 2.82. The van der Waals surface area contributed by atoms with E-state index >= 15 is 0 Å². The molecule has 2 bridgehead atoms. The zero-order valence-corrected chi connectivity index (χ0v) is 20.2. The molecular weight excluding hydrogens is 428 g/mol. The number of aromatic hydroxyl groups is 1. The summed E-state index contributed by atoms with van der Waals surface area (Å²) in [5.41, 5.74) is 3.26. The molecule has 0 radical (unpaired) electrons. The van der Waals surface area contributed by atoms with Gasteiger partial charge in [0.1, 0.15) is 5.75 Å². The van der Waals surface area contributed by atoms with Crippen LogP contribution >= 0.6 is 0 Å². The van der Waals surface area contributed by atoms with Crippen LogP contribution in [0, 0.1) is 0 Å². The Balaban J connectivity index is 1.35. The minimum atomic E-state index is 0.135. The second-order valence-electron chi connectivity index (χ2n) is 10.3. The van der Waals surface area contributed by atoms with E-state index in [2.05, 4.69) is 51.5 Å². The maximum Gasteiger partial charge on any atom is 0.233 e. The number of methoxy groups -OCH3 is 1. The van der Waals surface area contributed by atoms with Gasteiger partial charge in [-0.3, -0.25) is 0 Å². The number of nitrogens with one attached hydrogen (secondary N) is 1. The van der Waals surface area contributed by atoms with E-state index in [1.807, 2.05) is 24.3 Å². The summed E-state index contributed by atoms with van der Waals surface area (Å²) >= 11 is 0. The molecule has 2 aliphatic heterocycles. The first-order chi connectivity index (χ1) is 16.3. The summed E-state index contributed by atoms with van der Waals surface area (Å²) in [5.74, 6) is 1.41. The van der Waals surface area contributed by atoms with Gasteiger partial charge < -0.3 is 20.1 Å². The van der Waals surface area contributed by atoms with Crippen molar-refractivity contribution in [3.63, 3.8) is 0 Å². The number of aromatic nitrogens is 4. The van der Waals surface area contributed by atoms with Gasteiger partial charge in [-0.05, 0) is 75.8 Å². The van der Waals surface area contributed by atoms with Gasteiger partial charge in [0, 0.05) is 41.4 Å². The third kappa shape index (κ3) is 4.30. The average molecular weight is 461 g/mol. The molecule has 0 saturated carbocycles. The van der Waals surface area contributed by atoms with Gasteiger partial charge in [-0.2, -0.15) is 5.10 Å². The maximum atomic E-state index is 10.7. The molecule has 3 atom stereocenters. The Morgan fingerprint density at radius 2 is 1.76 bits per heavy atom. The molecule has 2 saturated heterocycles. The highest BCUT2D eigenvalue weighted by Crippen LogP contribution is 2.42. The zero-order valence-electron chi connectivity index (χ0n) is 20.2. The van der Waals surface area contributed by atoms with Crippen molar-refractivity contribution in [3.05, 3.63) is 42.6 Å². The lowest BCUT2D eigenvalue weighted by Crippen LogP contribution is -2.66. The van der Waals surface area contributed by atoms with Crippen LogP contribution in [0.3, 0.4) is 0 Å². The Hall–Kier alpha value is -3.26. The quantitative estimate of drug-likeness (QED) is 0.585. The zero-order chi connectivity index (χ0) is 23.9. The lowest BCUT2D eigenvalue weighted by molar-refractivity contribution is 0.0784. The smallest absolute Gasteiger partial charge is 0.233 e. The maximum absolute atomic E-state index is 10.7. The van der Waals surface area contributed by atoms with Crippen LogP contribution in [0.2, 0.25) is 0 Å². The van der Waals surface area contributed by atoms with E-state index in [1.54, 1.807) is 25.4 Å². The van der Waals surface area contributed by atoms with Crippen LogP contribution in [-0.4, -0.2) is 56.8 Å². The summed E-state index contributed by atoms with van der Waals surface area (Å²) in [6.45, 7) is 4.70. The van der Waals surface area contributed by atoms with E-state index in [0.29, 0.717) is 23.2 Å². The number of rotatable bonds is 5. The van der Waals surface area contributed by atoms with Gasteiger partial charge in [0.25, 0.3) is 0 Å². The van der Waals surface area contributed by atoms with Crippen molar-refractivity contribution >= 4 is 5.82 Å². The molecule has 2 aromatic heterocycles. The molecule has 34 heavy (non-hydrogen) atoms. The molecule has 8 heteroatoms. The lowest BCUT2D eigenvalue weighted by atomic mass is 9.69. The molecule has 8 nitrogen and oxygen atoms in total. The van der Waals surface area contributed by atoms with E-state index in [0.717, 1.165) is 29.8 Å². The van der Waals surface area contributed by atoms with E-state index in [-0.39, 0.29) is 16.8 Å². The molecule has 0 spiro atoms. The fourth-order valence-electron chi connectivity index (χ4n) is 5.79. The molecule has 2 N–H and O–H groups in total. The summed E-state index contributed by atoms with van der Waals surface area (Å²) in [6, 6.07) is 11.6. The number of piperidine rings is 2. The number of nitrogens with zero attached hydrogens (tertiary/aromatic N) is 5. The number of anilines is 1. The van der Waals surface area contributed by atoms with Crippen LogP contribution in [0.4, 0.5) is 5.82 Å². The Bertz CT molecular complexity index is 1170. The van der Waals surface area contributed by atoms with Crippen molar-refractivity contribution in [2.24, 2.45) is 0 Å². The van der Waals surface area contributed by atoms with E-state index < -0.39 is 0 Å². The normalized spacial score (nSPS) is 26.2. The largest absolute Gasteiger partial charge is 0.507 e. The molecule has 4 heterocycles. The van der Waals surface area contributed by atoms with Crippen molar-refractivity contribution in [1.29, 1.82) is 0 Å². The SMILES string of the molecule is COc1cc(-c2ccc(-c3ccc(N(C)[C@@H]4C[C@]5(C)CCC[C@](C)(C4)N5)nn3)c(O)c2)cnn1. The topological polar surface area (TPSA) is 96.3 Å². The van der Waals surface area contributed by atoms with Crippen LogP contribution in [0.5, 0.6) is 11.6 Å². The van der Waals surface area contributed by atoms with E-state index in [4.69, 9.17) is 4.74 Å². The molecule has 178 valence electrons. The first-order valence-electron chi connectivity index (χ1n) is 11.8. The van der Waals surface area contributed by atoms with Crippen LogP contribution in [0.25, 0.3) is 22.4 Å². The number of ether oxygens (including phenoxy) is 1. The Labute approximate surface area is 200 Å². The third-order valence-electron chi connectivity index (χ3n) is 7.44. The van der Waals surface area contributed by atoms with Crippen molar-refractivity contribution < 1.29 is 9.84 Å².